The van der Waals surface area contributed by atoms with Gasteiger partial charge in [0, 0.05) is 19.1 Å². The Bertz CT molecular complexity index is 458. The highest BCUT2D eigenvalue weighted by Crippen LogP contribution is 2.27. The summed E-state index contributed by atoms with van der Waals surface area (Å²) in [6, 6.07) is 0.337. The lowest BCUT2D eigenvalue weighted by molar-refractivity contribution is -0.132. The highest BCUT2D eigenvalue weighted by Gasteiger charge is 2.41. The van der Waals surface area contributed by atoms with Gasteiger partial charge in [-0.3, -0.25) is 4.79 Å². The molecule has 1 amide bonds. The molecule has 0 aliphatic carbocycles. The molecule has 0 spiro atoms. The van der Waals surface area contributed by atoms with E-state index in [-0.39, 0.29) is 11.8 Å². The van der Waals surface area contributed by atoms with Gasteiger partial charge in [-0.15, -0.1) is 0 Å². The molecule has 1 aromatic rings. The van der Waals surface area contributed by atoms with E-state index in [0.29, 0.717) is 12.6 Å². The molecule has 2 aliphatic rings. The molecule has 2 atom stereocenters. The number of nitrogens with zero attached hydrogens (tertiary/aromatic N) is 4. The van der Waals surface area contributed by atoms with Crippen molar-refractivity contribution in [1.29, 1.82) is 0 Å². The fourth-order valence-electron chi connectivity index (χ4n) is 3.12. The fraction of sp³-hybridized carbons (Fsp3) is 0.769. The Balaban J connectivity index is 1.69. The summed E-state index contributed by atoms with van der Waals surface area (Å²) in [7, 11) is 0. The third kappa shape index (κ3) is 2.36. The molecular weight excluding hydrogens is 242 g/mol. The molecule has 19 heavy (non-hydrogen) atoms. The van der Waals surface area contributed by atoms with E-state index in [4.69, 9.17) is 0 Å². The van der Waals surface area contributed by atoms with Crippen molar-refractivity contribution < 1.29 is 4.79 Å². The summed E-state index contributed by atoms with van der Waals surface area (Å²) in [5.74, 6) is 1.35. The molecule has 1 aromatic heterocycles. The standard InChI is InChI=1S/C13H21N5O/c1-2-6-18-12(15-9-16-18)8-17-7-11-10(13(17)19)4-3-5-14-11/h9-11,14H,2-8H2,1H3. The van der Waals surface area contributed by atoms with Gasteiger partial charge in [0.15, 0.2) is 0 Å². The van der Waals surface area contributed by atoms with Crippen molar-refractivity contribution in [3.63, 3.8) is 0 Å². The highest BCUT2D eigenvalue weighted by atomic mass is 16.2. The van der Waals surface area contributed by atoms with Crippen molar-refractivity contribution in [2.24, 2.45) is 5.92 Å². The Morgan fingerprint density at radius 1 is 1.53 bits per heavy atom. The number of aromatic nitrogens is 3. The molecule has 2 saturated heterocycles. The molecule has 3 heterocycles. The van der Waals surface area contributed by atoms with Gasteiger partial charge >= 0.3 is 0 Å². The lowest BCUT2D eigenvalue weighted by Crippen LogP contribution is -2.41. The van der Waals surface area contributed by atoms with Gasteiger partial charge in [-0.2, -0.15) is 5.10 Å². The summed E-state index contributed by atoms with van der Waals surface area (Å²) in [4.78, 5) is 18.6. The van der Waals surface area contributed by atoms with Crippen molar-refractivity contribution in [3.05, 3.63) is 12.2 Å². The molecule has 2 unspecified atom stereocenters. The Morgan fingerprint density at radius 3 is 3.21 bits per heavy atom. The smallest absolute Gasteiger partial charge is 0.227 e. The van der Waals surface area contributed by atoms with E-state index in [9.17, 15) is 4.79 Å². The van der Waals surface area contributed by atoms with Crippen LogP contribution in [0.25, 0.3) is 0 Å². The van der Waals surface area contributed by atoms with Gasteiger partial charge in [0.25, 0.3) is 0 Å². The van der Waals surface area contributed by atoms with Crippen LogP contribution in [0, 0.1) is 5.92 Å². The number of rotatable bonds is 4. The Kier molecular flexibility index (Phi) is 3.50. The minimum atomic E-state index is 0.177. The zero-order chi connectivity index (χ0) is 13.2. The van der Waals surface area contributed by atoms with E-state index in [2.05, 4.69) is 22.3 Å². The maximum atomic E-state index is 12.4. The van der Waals surface area contributed by atoms with Gasteiger partial charge in [0.05, 0.1) is 12.5 Å². The maximum Gasteiger partial charge on any atom is 0.227 e. The molecule has 0 radical (unpaired) electrons. The van der Waals surface area contributed by atoms with Crippen LogP contribution in [0.2, 0.25) is 0 Å². The first kappa shape index (κ1) is 12.6. The molecule has 1 N–H and O–H groups in total. The summed E-state index contributed by atoms with van der Waals surface area (Å²) < 4.78 is 1.91. The largest absolute Gasteiger partial charge is 0.333 e. The highest BCUT2D eigenvalue weighted by molar-refractivity contribution is 5.82. The average molecular weight is 263 g/mol. The number of carbonyl (C=O) groups is 1. The average Bonchev–Trinajstić information content (AvgIpc) is 2.98. The Morgan fingerprint density at radius 2 is 2.42 bits per heavy atom. The van der Waals surface area contributed by atoms with Gasteiger partial charge < -0.3 is 10.2 Å². The van der Waals surface area contributed by atoms with Crippen molar-refractivity contribution in [3.8, 4) is 0 Å². The number of aryl methyl sites for hydroxylation is 1. The van der Waals surface area contributed by atoms with Crippen molar-refractivity contribution in [2.45, 2.75) is 45.3 Å². The topological polar surface area (TPSA) is 63.1 Å². The van der Waals surface area contributed by atoms with Crippen molar-refractivity contribution in [1.82, 2.24) is 25.0 Å². The number of hydrogen-bond acceptors (Lipinski definition) is 4. The first-order valence-electron chi connectivity index (χ1n) is 7.18. The van der Waals surface area contributed by atoms with Crippen molar-refractivity contribution >= 4 is 5.91 Å². The van der Waals surface area contributed by atoms with Crippen LogP contribution in [0.1, 0.15) is 32.0 Å². The zero-order valence-corrected chi connectivity index (χ0v) is 11.4. The molecule has 2 fully saturated rings. The van der Waals surface area contributed by atoms with Crippen LogP contribution in [0.5, 0.6) is 0 Å². The Labute approximate surface area is 113 Å². The summed E-state index contributed by atoms with van der Waals surface area (Å²) in [5.41, 5.74) is 0. The van der Waals surface area contributed by atoms with Crippen LogP contribution >= 0.6 is 0 Å². The molecule has 6 heteroatoms. The second kappa shape index (κ2) is 5.28. The van der Waals surface area contributed by atoms with Crippen molar-refractivity contribution in [2.75, 3.05) is 13.1 Å². The number of likely N-dealkylation sites (tertiary alicyclic amines) is 1. The van der Waals surface area contributed by atoms with E-state index >= 15 is 0 Å². The minimum Gasteiger partial charge on any atom is -0.333 e. The van der Waals surface area contributed by atoms with Crippen LogP contribution in [0.15, 0.2) is 6.33 Å². The summed E-state index contributed by atoms with van der Waals surface area (Å²) in [6.45, 7) is 5.41. The molecule has 0 saturated carbocycles. The number of fused-ring (bicyclic) bond motifs is 1. The van der Waals surface area contributed by atoms with E-state index in [0.717, 1.165) is 44.7 Å². The van der Waals surface area contributed by atoms with E-state index in [1.165, 1.54) is 0 Å². The van der Waals surface area contributed by atoms with E-state index < -0.39 is 0 Å². The zero-order valence-electron chi connectivity index (χ0n) is 11.4. The van der Waals surface area contributed by atoms with Crippen LogP contribution < -0.4 is 5.32 Å². The number of piperidine rings is 1. The predicted molar refractivity (Wildman–Crippen MR) is 70.2 cm³/mol. The van der Waals surface area contributed by atoms with Crippen LogP contribution in [0.4, 0.5) is 0 Å². The van der Waals surface area contributed by atoms with Gasteiger partial charge in [0.1, 0.15) is 12.2 Å². The number of nitrogens with one attached hydrogen (secondary N) is 1. The minimum absolute atomic E-state index is 0.177. The lowest BCUT2D eigenvalue weighted by atomic mass is 9.94. The van der Waals surface area contributed by atoms with E-state index in [1.54, 1.807) is 6.33 Å². The molecule has 6 nitrogen and oxygen atoms in total. The number of amides is 1. The SMILES string of the molecule is CCCn1ncnc1CN1CC2NCCCC2C1=O. The number of carbonyl (C=O) groups excluding carboxylic acids is 1. The molecule has 0 bridgehead atoms. The molecule has 104 valence electrons. The molecule has 0 aromatic carbocycles. The fourth-order valence-corrected chi connectivity index (χ4v) is 3.12. The van der Waals surface area contributed by atoms with Gasteiger partial charge in [-0.25, -0.2) is 9.67 Å². The second-order valence-electron chi connectivity index (χ2n) is 5.43. The van der Waals surface area contributed by atoms with Crippen LogP contribution in [0.3, 0.4) is 0 Å². The molecule has 2 aliphatic heterocycles. The molecular formula is C13H21N5O. The first-order chi connectivity index (χ1) is 9.29. The van der Waals surface area contributed by atoms with Gasteiger partial charge in [0.2, 0.25) is 5.91 Å². The second-order valence-corrected chi connectivity index (χ2v) is 5.43. The van der Waals surface area contributed by atoms with Crippen LogP contribution in [-0.2, 0) is 17.9 Å². The van der Waals surface area contributed by atoms with Gasteiger partial charge in [-0.1, -0.05) is 6.92 Å². The lowest BCUT2D eigenvalue weighted by Gasteiger charge is -2.23. The first-order valence-corrected chi connectivity index (χ1v) is 7.18. The third-order valence-corrected chi connectivity index (χ3v) is 4.09. The normalized spacial score (nSPS) is 26.8. The summed E-state index contributed by atoms with van der Waals surface area (Å²) in [6.07, 6.45) is 4.73. The summed E-state index contributed by atoms with van der Waals surface area (Å²) >= 11 is 0. The third-order valence-electron chi connectivity index (χ3n) is 4.09. The van der Waals surface area contributed by atoms with E-state index in [1.807, 2.05) is 9.58 Å². The maximum absolute atomic E-state index is 12.4. The predicted octanol–water partition coefficient (Wildman–Crippen LogP) is 0.398. The molecule has 3 rings (SSSR count). The van der Waals surface area contributed by atoms with Crippen LogP contribution in [-0.4, -0.2) is 44.7 Å². The Hall–Kier alpha value is -1.43. The van der Waals surface area contributed by atoms with Gasteiger partial charge in [-0.05, 0) is 25.8 Å². The summed E-state index contributed by atoms with van der Waals surface area (Å²) in [5, 5.41) is 7.67. The monoisotopic (exact) mass is 263 g/mol. The quantitative estimate of drug-likeness (QED) is 0.854. The number of hydrogen-bond donors (Lipinski definition) is 1.